The third-order valence-electron chi connectivity index (χ3n) is 3.09. The number of thiophene rings is 1. The molecule has 6 heteroatoms. The summed E-state index contributed by atoms with van der Waals surface area (Å²) in [6.07, 6.45) is 4.19. The van der Waals surface area contributed by atoms with Gasteiger partial charge in [0.25, 0.3) is 0 Å². The van der Waals surface area contributed by atoms with Crippen LogP contribution in [0.4, 0.5) is 0 Å². The van der Waals surface area contributed by atoms with Crippen molar-refractivity contribution < 1.29 is 4.79 Å². The normalized spacial score (nSPS) is 12.6. The Morgan fingerprint density at radius 2 is 2.29 bits per heavy atom. The van der Waals surface area contributed by atoms with Gasteiger partial charge in [-0.1, -0.05) is 6.07 Å². The van der Waals surface area contributed by atoms with Crippen molar-refractivity contribution in [1.82, 2.24) is 20.2 Å². The minimum atomic E-state index is 0.0249. The van der Waals surface area contributed by atoms with Crippen molar-refractivity contribution in [2.45, 2.75) is 32.4 Å². The van der Waals surface area contributed by atoms with Crippen molar-refractivity contribution in [2.75, 3.05) is 6.54 Å². The van der Waals surface area contributed by atoms with Crippen LogP contribution in [0.1, 0.15) is 37.0 Å². The molecule has 21 heavy (non-hydrogen) atoms. The lowest BCUT2D eigenvalue weighted by molar-refractivity contribution is -0.121. The number of amides is 1. The summed E-state index contributed by atoms with van der Waals surface area (Å²) in [7, 11) is 1.98. The van der Waals surface area contributed by atoms with E-state index in [0.717, 1.165) is 5.82 Å². The number of aryl methyl sites for hydroxylation is 1. The van der Waals surface area contributed by atoms with E-state index in [-0.39, 0.29) is 18.0 Å². The molecule has 0 saturated heterocycles. The van der Waals surface area contributed by atoms with Crippen molar-refractivity contribution in [2.24, 2.45) is 7.05 Å². The van der Waals surface area contributed by atoms with Crippen LogP contribution in [0, 0.1) is 0 Å². The maximum absolute atomic E-state index is 11.7. The molecule has 2 aromatic rings. The molecular weight excluding hydrogens is 284 g/mol. The lowest BCUT2D eigenvalue weighted by Gasteiger charge is -2.17. The van der Waals surface area contributed by atoms with Crippen LogP contribution in [0.5, 0.6) is 0 Å². The molecule has 2 heterocycles. The summed E-state index contributed by atoms with van der Waals surface area (Å²) in [5.41, 5.74) is 0. The summed E-state index contributed by atoms with van der Waals surface area (Å²) >= 11 is 1.69. The number of nitrogens with one attached hydrogen (secondary N) is 2. The Morgan fingerprint density at radius 1 is 1.48 bits per heavy atom. The average molecular weight is 306 g/mol. The number of carbonyl (C=O) groups excluding carboxylic acids is 1. The highest BCUT2D eigenvalue weighted by Gasteiger charge is 2.19. The van der Waals surface area contributed by atoms with Gasteiger partial charge in [-0.25, -0.2) is 4.98 Å². The van der Waals surface area contributed by atoms with Crippen molar-refractivity contribution in [1.29, 1.82) is 0 Å². The monoisotopic (exact) mass is 306 g/mol. The molecule has 0 aliphatic heterocycles. The highest BCUT2D eigenvalue weighted by molar-refractivity contribution is 7.10. The average Bonchev–Trinajstić information content (AvgIpc) is 3.05. The van der Waals surface area contributed by atoms with E-state index in [1.807, 2.05) is 37.7 Å². The summed E-state index contributed by atoms with van der Waals surface area (Å²) in [5, 5.41) is 8.39. The first kappa shape index (κ1) is 15.7. The molecule has 2 rings (SSSR count). The molecule has 0 radical (unpaired) electrons. The molecule has 5 nitrogen and oxygen atoms in total. The Kier molecular flexibility index (Phi) is 5.52. The van der Waals surface area contributed by atoms with Crippen LogP contribution in [-0.4, -0.2) is 28.0 Å². The lowest BCUT2D eigenvalue weighted by atomic mass is 10.2. The van der Waals surface area contributed by atoms with Gasteiger partial charge in [0.1, 0.15) is 11.9 Å². The van der Waals surface area contributed by atoms with Gasteiger partial charge < -0.3 is 15.2 Å². The third-order valence-corrected chi connectivity index (χ3v) is 4.03. The highest BCUT2D eigenvalue weighted by Crippen LogP contribution is 2.24. The van der Waals surface area contributed by atoms with Crippen molar-refractivity contribution in [3.63, 3.8) is 0 Å². The number of aromatic nitrogens is 2. The number of imidazole rings is 1. The van der Waals surface area contributed by atoms with Crippen molar-refractivity contribution in [3.05, 3.63) is 40.6 Å². The predicted octanol–water partition coefficient (Wildman–Crippen LogP) is 2.08. The number of hydrogen-bond acceptors (Lipinski definition) is 4. The summed E-state index contributed by atoms with van der Waals surface area (Å²) < 4.78 is 2.01. The van der Waals surface area contributed by atoms with E-state index in [1.54, 1.807) is 17.5 Å². The fraction of sp³-hybridized carbons (Fsp3) is 0.467. The molecular formula is C15H22N4OS. The summed E-state index contributed by atoms with van der Waals surface area (Å²) in [6, 6.07) is 4.32. The quantitative estimate of drug-likeness (QED) is 0.823. The lowest BCUT2D eigenvalue weighted by Crippen LogP contribution is -2.34. The maximum Gasteiger partial charge on any atom is 0.221 e. The SMILES string of the molecule is CC(C)NC(=O)CCNC(c1cccs1)c1nccn1C. The summed E-state index contributed by atoms with van der Waals surface area (Å²) in [5.74, 6) is 1.03. The second-order valence-corrected chi connectivity index (χ2v) is 6.25. The minimum absolute atomic E-state index is 0.0249. The Balaban J connectivity index is 1.98. The van der Waals surface area contributed by atoms with Crippen LogP contribution >= 0.6 is 11.3 Å². The van der Waals surface area contributed by atoms with E-state index in [0.29, 0.717) is 13.0 Å². The second-order valence-electron chi connectivity index (χ2n) is 5.27. The first-order valence-electron chi connectivity index (χ1n) is 7.11. The smallest absolute Gasteiger partial charge is 0.221 e. The first-order valence-corrected chi connectivity index (χ1v) is 7.99. The predicted molar refractivity (Wildman–Crippen MR) is 85.3 cm³/mol. The van der Waals surface area contributed by atoms with Gasteiger partial charge in [0.15, 0.2) is 0 Å². The standard InChI is InChI=1S/C15H22N4OS/c1-11(2)18-13(20)6-7-16-14(12-5-4-10-21-12)15-17-8-9-19(15)3/h4-5,8-11,14,16H,6-7H2,1-3H3,(H,18,20). The van der Waals surface area contributed by atoms with Gasteiger partial charge in [0.05, 0.1) is 0 Å². The van der Waals surface area contributed by atoms with E-state index < -0.39 is 0 Å². The van der Waals surface area contributed by atoms with E-state index in [1.165, 1.54) is 4.88 Å². The van der Waals surface area contributed by atoms with Gasteiger partial charge in [-0.3, -0.25) is 4.79 Å². The van der Waals surface area contributed by atoms with Crippen molar-refractivity contribution in [3.8, 4) is 0 Å². The largest absolute Gasteiger partial charge is 0.354 e. The zero-order valence-electron chi connectivity index (χ0n) is 12.7. The summed E-state index contributed by atoms with van der Waals surface area (Å²) in [4.78, 5) is 17.3. The van der Waals surface area contributed by atoms with E-state index in [4.69, 9.17) is 0 Å². The Morgan fingerprint density at radius 3 is 2.86 bits per heavy atom. The zero-order valence-corrected chi connectivity index (χ0v) is 13.5. The van der Waals surface area contributed by atoms with Crippen molar-refractivity contribution >= 4 is 17.2 Å². The van der Waals surface area contributed by atoms with Crippen LogP contribution < -0.4 is 10.6 Å². The molecule has 2 N–H and O–H groups in total. The fourth-order valence-electron chi connectivity index (χ4n) is 2.15. The minimum Gasteiger partial charge on any atom is -0.354 e. The molecule has 0 aliphatic rings. The second kappa shape index (κ2) is 7.38. The van der Waals surface area contributed by atoms with Crippen LogP contribution in [0.3, 0.4) is 0 Å². The van der Waals surface area contributed by atoms with Gasteiger partial charge in [0.2, 0.25) is 5.91 Å². The fourth-order valence-corrected chi connectivity index (χ4v) is 2.95. The number of rotatable bonds is 7. The molecule has 1 amide bonds. The van der Waals surface area contributed by atoms with E-state index >= 15 is 0 Å². The molecule has 0 spiro atoms. The van der Waals surface area contributed by atoms with Gasteiger partial charge >= 0.3 is 0 Å². The van der Waals surface area contributed by atoms with E-state index in [2.05, 4.69) is 27.1 Å². The van der Waals surface area contributed by atoms with Gasteiger partial charge in [0, 0.05) is 43.3 Å². The molecule has 2 aromatic heterocycles. The topological polar surface area (TPSA) is 59.0 Å². The van der Waals surface area contributed by atoms with E-state index in [9.17, 15) is 4.79 Å². The molecule has 0 bridgehead atoms. The molecule has 0 aliphatic carbocycles. The highest BCUT2D eigenvalue weighted by atomic mass is 32.1. The summed E-state index contributed by atoms with van der Waals surface area (Å²) in [6.45, 7) is 4.55. The van der Waals surface area contributed by atoms with Gasteiger partial charge in [-0.2, -0.15) is 0 Å². The van der Waals surface area contributed by atoms with Crippen LogP contribution in [0.15, 0.2) is 29.9 Å². The van der Waals surface area contributed by atoms with Crippen LogP contribution in [0.25, 0.3) is 0 Å². The first-order chi connectivity index (χ1) is 10.1. The number of carbonyl (C=O) groups is 1. The molecule has 0 aromatic carbocycles. The number of hydrogen-bond donors (Lipinski definition) is 2. The van der Waals surface area contributed by atoms with Crippen LogP contribution in [0.2, 0.25) is 0 Å². The Bertz CT molecular complexity index is 562. The Labute approximate surface area is 129 Å². The van der Waals surface area contributed by atoms with Gasteiger partial charge in [-0.05, 0) is 25.3 Å². The third kappa shape index (κ3) is 4.41. The zero-order chi connectivity index (χ0) is 15.2. The van der Waals surface area contributed by atoms with Gasteiger partial charge in [-0.15, -0.1) is 11.3 Å². The molecule has 0 saturated carbocycles. The molecule has 0 fully saturated rings. The molecule has 1 atom stereocenters. The molecule has 1 unspecified atom stereocenters. The number of nitrogens with zero attached hydrogens (tertiary/aromatic N) is 2. The maximum atomic E-state index is 11.7. The Hall–Kier alpha value is -1.66. The van der Waals surface area contributed by atoms with Crippen LogP contribution in [-0.2, 0) is 11.8 Å². The molecule has 114 valence electrons.